The molecule has 0 heterocycles. The van der Waals surface area contributed by atoms with E-state index in [0.29, 0.717) is 0 Å². The van der Waals surface area contributed by atoms with Gasteiger partial charge in [-0.15, -0.1) is 0 Å². The topological polar surface area (TPSA) is 83.2 Å². The third-order valence-corrected chi connectivity index (χ3v) is 1.39. The number of rotatable bonds is 2. The number of carbonyl (C=O) groups excluding carboxylic acids is 2. The average molecular weight is 187 g/mol. The molecule has 0 atom stereocenters. The van der Waals surface area contributed by atoms with E-state index < -0.39 is 11.8 Å². The summed E-state index contributed by atoms with van der Waals surface area (Å²) in [5, 5.41) is 10.1. The van der Waals surface area contributed by atoms with Gasteiger partial charge in [-0.3, -0.25) is 4.79 Å². The van der Waals surface area contributed by atoms with E-state index >= 15 is 0 Å². The number of aliphatic carboxylic acids is 1. The Morgan fingerprint density at radius 3 is 2.23 bits per heavy atom. The Hall–Kier alpha value is -0.840. The van der Waals surface area contributed by atoms with Crippen molar-refractivity contribution >= 4 is 17.4 Å². The van der Waals surface area contributed by atoms with Crippen LogP contribution < -0.4 is 40.4 Å². The number of nitrogens with two attached hydrogens (primary N) is 1. The molecule has 0 spiro atoms. The van der Waals surface area contributed by atoms with Crippen molar-refractivity contribution in [1.29, 1.82) is 0 Å². The van der Waals surface area contributed by atoms with Crippen LogP contribution in [0.25, 0.3) is 0 Å². The summed E-state index contributed by atoms with van der Waals surface area (Å²) in [6.45, 7) is 0. The zero-order valence-electron chi connectivity index (χ0n) is 7.11. The van der Waals surface area contributed by atoms with Gasteiger partial charge >= 0.3 is 29.6 Å². The number of carboxylic acids is 1. The molecule has 0 bridgehead atoms. The zero-order chi connectivity index (χ0) is 9.14. The number of carboxylic acid groups (broad SMARTS) is 1. The fraction of sp³-hybridized carbons (Fsp3) is 0. The number of carbonyl (C=O) groups is 2. The predicted octanol–water partition coefficient (Wildman–Crippen LogP) is -3.79. The normalized spacial score (nSPS) is 8.62. The number of benzene rings is 1. The number of nitrogen functional groups attached to an aromatic ring is 1. The van der Waals surface area contributed by atoms with Crippen molar-refractivity contribution in [2.45, 2.75) is 0 Å². The van der Waals surface area contributed by atoms with Crippen LogP contribution in [0.5, 0.6) is 0 Å². The van der Waals surface area contributed by atoms with E-state index in [1.165, 1.54) is 18.2 Å². The number of para-hydroxylation sites is 1. The van der Waals surface area contributed by atoms with Gasteiger partial charge < -0.3 is 15.6 Å². The quantitative estimate of drug-likeness (QED) is 0.223. The molecule has 0 fully saturated rings. The summed E-state index contributed by atoms with van der Waals surface area (Å²) in [6, 6.07) is 5.94. The van der Waals surface area contributed by atoms with Gasteiger partial charge in [-0.25, -0.2) is 0 Å². The second-order valence-corrected chi connectivity index (χ2v) is 2.20. The fourth-order valence-electron chi connectivity index (χ4n) is 0.814. The first kappa shape index (κ1) is 12.2. The minimum Gasteiger partial charge on any atom is -0.541 e. The molecule has 13 heavy (non-hydrogen) atoms. The summed E-state index contributed by atoms with van der Waals surface area (Å²) in [4.78, 5) is 21.0. The maximum Gasteiger partial charge on any atom is 1.00 e. The maximum atomic E-state index is 10.8. The average Bonchev–Trinajstić information content (AvgIpc) is 2.04. The van der Waals surface area contributed by atoms with Crippen molar-refractivity contribution in [3.63, 3.8) is 0 Å². The molecule has 1 aromatic rings. The summed E-state index contributed by atoms with van der Waals surface area (Å²) in [5.41, 5.74) is 5.46. The van der Waals surface area contributed by atoms with Gasteiger partial charge in [-0.05, 0) is 12.1 Å². The van der Waals surface area contributed by atoms with Gasteiger partial charge in [-0.2, -0.15) is 0 Å². The summed E-state index contributed by atoms with van der Waals surface area (Å²) in [6.07, 6.45) is 0. The molecular weight excluding hydrogens is 181 g/mol. The van der Waals surface area contributed by atoms with Crippen LogP contribution in [0.2, 0.25) is 0 Å². The van der Waals surface area contributed by atoms with E-state index in [1.807, 2.05) is 0 Å². The Morgan fingerprint density at radius 1 is 1.23 bits per heavy atom. The molecule has 1 aromatic carbocycles. The molecule has 0 aliphatic carbocycles. The second-order valence-electron chi connectivity index (χ2n) is 2.20. The van der Waals surface area contributed by atoms with E-state index in [9.17, 15) is 14.7 Å². The Kier molecular flexibility index (Phi) is 4.69. The van der Waals surface area contributed by atoms with E-state index in [2.05, 4.69) is 0 Å². The van der Waals surface area contributed by atoms with Gasteiger partial charge in [0.15, 0.2) is 0 Å². The first-order valence-electron chi connectivity index (χ1n) is 3.23. The van der Waals surface area contributed by atoms with Crippen LogP contribution in [0.15, 0.2) is 24.3 Å². The van der Waals surface area contributed by atoms with Crippen molar-refractivity contribution in [3.05, 3.63) is 29.8 Å². The van der Waals surface area contributed by atoms with Crippen molar-refractivity contribution in [2.24, 2.45) is 0 Å². The van der Waals surface area contributed by atoms with Crippen molar-refractivity contribution in [1.82, 2.24) is 0 Å². The number of ketones is 1. The fourth-order valence-corrected chi connectivity index (χ4v) is 0.814. The first-order valence-corrected chi connectivity index (χ1v) is 3.23. The summed E-state index contributed by atoms with van der Waals surface area (Å²) in [5.74, 6) is -2.83. The Balaban J connectivity index is 0.00000144. The molecule has 62 valence electrons. The SMILES string of the molecule is Nc1ccccc1C(=O)C(=O)[O-].[Na+]. The molecule has 0 radical (unpaired) electrons. The largest absolute Gasteiger partial charge is 1.00 e. The molecule has 5 heteroatoms. The molecule has 4 nitrogen and oxygen atoms in total. The van der Waals surface area contributed by atoms with E-state index in [1.54, 1.807) is 6.07 Å². The molecule has 0 aliphatic rings. The number of hydrogen-bond acceptors (Lipinski definition) is 4. The molecule has 0 aromatic heterocycles. The van der Waals surface area contributed by atoms with Gasteiger partial charge in [-0.1, -0.05) is 12.1 Å². The van der Waals surface area contributed by atoms with Crippen molar-refractivity contribution in [2.75, 3.05) is 5.73 Å². The third-order valence-electron chi connectivity index (χ3n) is 1.39. The molecule has 2 N–H and O–H groups in total. The van der Waals surface area contributed by atoms with Crippen molar-refractivity contribution < 1.29 is 44.3 Å². The minimum absolute atomic E-state index is 0. The second kappa shape index (κ2) is 5.01. The van der Waals surface area contributed by atoms with Crippen LogP contribution in [0.4, 0.5) is 5.69 Å². The Morgan fingerprint density at radius 2 is 1.77 bits per heavy atom. The van der Waals surface area contributed by atoms with Gasteiger partial charge in [0.05, 0.1) is 0 Å². The molecule has 1 rings (SSSR count). The molecule has 0 amide bonds. The number of hydrogen-bond donors (Lipinski definition) is 1. The monoisotopic (exact) mass is 187 g/mol. The first-order chi connectivity index (χ1) is 5.63. The van der Waals surface area contributed by atoms with Crippen LogP contribution >= 0.6 is 0 Å². The molecule has 0 aliphatic heterocycles. The van der Waals surface area contributed by atoms with Crippen LogP contribution in [0.1, 0.15) is 10.4 Å². The van der Waals surface area contributed by atoms with Gasteiger partial charge in [0.1, 0.15) is 5.97 Å². The smallest absolute Gasteiger partial charge is 0.541 e. The standard InChI is InChI=1S/C8H7NO3.Na/c9-6-4-2-1-3-5(6)7(10)8(11)12;/h1-4H,9H2,(H,11,12);/q;+1/p-1. The van der Waals surface area contributed by atoms with Crippen LogP contribution in [0.3, 0.4) is 0 Å². The van der Waals surface area contributed by atoms with Crippen molar-refractivity contribution in [3.8, 4) is 0 Å². The summed E-state index contributed by atoms with van der Waals surface area (Å²) in [7, 11) is 0. The van der Waals surface area contributed by atoms with E-state index in [-0.39, 0.29) is 40.8 Å². The van der Waals surface area contributed by atoms with Crippen LogP contribution in [-0.2, 0) is 4.79 Å². The zero-order valence-corrected chi connectivity index (χ0v) is 9.11. The molecular formula is C8H6NNaO3. The van der Waals surface area contributed by atoms with E-state index in [0.717, 1.165) is 0 Å². The minimum atomic E-state index is -1.74. The molecule has 0 unspecified atom stereocenters. The molecule has 0 saturated heterocycles. The third kappa shape index (κ3) is 2.84. The summed E-state index contributed by atoms with van der Waals surface area (Å²) >= 11 is 0. The Bertz CT molecular complexity index is 338. The summed E-state index contributed by atoms with van der Waals surface area (Å²) < 4.78 is 0. The maximum absolute atomic E-state index is 10.8. The van der Waals surface area contributed by atoms with Gasteiger partial charge in [0, 0.05) is 11.3 Å². The van der Waals surface area contributed by atoms with Gasteiger partial charge in [0.25, 0.3) is 0 Å². The number of anilines is 1. The predicted molar refractivity (Wildman–Crippen MR) is 40.2 cm³/mol. The molecule has 0 saturated carbocycles. The van der Waals surface area contributed by atoms with Gasteiger partial charge in [0.2, 0.25) is 5.78 Å². The van der Waals surface area contributed by atoms with Crippen LogP contribution in [-0.4, -0.2) is 11.8 Å². The number of Topliss-reactive ketones (excluding diaryl/α,β-unsaturated/α-hetero) is 1. The van der Waals surface area contributed by atoms with E-state index in [4.69, 9.17) is 5.73 Å². The van der Waals surface area contributed by atoms with Crippen LogP contribution in [0, 0.1) is 0 Å². The Labute approximate surface area is 97.0 Å².